The van der Waals surface area contributed by atoms with Crippen LogP contribution in [-0.4, -0.2) is 43.7 Å². The maximum Gasteiger partial charge on any atom is 0.262 e. The molecular weight excluding hydrogens is 451 g/mol. The second-order valence-corrected chi connectivity index (χ2v) is 7.79. The smallest absolute Gasteiger partial charge is 0.262 e. The molecule has 0 spiro atoms. The molecule has 0 atom stereocenters. The molecule has 0 saturated carbocycles. The van der Waals surface area contributed by atoms with Gasteiger partial charge in [0.15, 0.2) is 6.61 Å². The van der Waals surface area contributed by atoms with E-state index in [1.165, 1.54) is 0 Å². The van der Waals surface area contributed by atoms with E-state index in [2.05, 4.69) is 24.1 Å². The van der Waals surface area contributed by atoms with E-state index in [4.69, 9.17) is 37.1 Å². The van der Waals surface area contributed by atoms with Crippen molar-refractivity contribution in [1.82, 2.24) is 4.90 Å². The van der Waals surface area contributed by atoms with Crippen molar-refractivity contribution in [1.29, 1.82) is 0 Å². The van der Waals surface area contributed by atoms with E-state index in [0.29, 0.717) is 39.6 Å². The minimum atomic E-state index is -0.331. The second kappa shape index (κ2) is 11.8. The molecule has 6 nitrogen and oxygen atoms in total. The van der Waals surface area contributed by atoms with Gasteiger partial charge in [0.1, 0.15) is 23.9 Å². The van der Waals surface area contributed by atoms with Gasteiger partial charge in [-0.25, -0.2) is 0 Å². The maximum atomic E-state index is 12.3. The van der Waals surface area contributed by atoms with E-state index in [1.54, 1.807) is 42.7 Å². The highest BCUT2D eigenvalue weighted by atomic mass is 35.5. The van der Waals surface area contributed by atoms with E-state index < -0.39 is 0 Å². The summed E-state index contributed by atoms with van der Waals surface area (Å²) in [7, 11) is 0. The highest BCUT2D eigenvalue weighted by Gasteiger charge is 2.11. The van der Waals surface area contributed by atoms with Gasteiger partial charge in [0.05, 0.1) is 16.3 Å². The number of benzene rings is 2. The third kappa shape index (κ3) is 6.66. The fourth-order valence-corrected chi connectivity index (χ4v) is 3.54. The van der Waals surface area contributed by atoms with Crippen molar-refractivity contribution >= 4 is 34.8 Å². The molecule has 1 aromatic heterocycles. The van der Waals surface area contributed by atoms with Crippen molar-refractivity contribution in [2.75, 3.05) is 38.2 Å². The lowest BCUT2D eigenvalue weighted by Gasteiger charge is -2.18. The SMILES string of the molecule is CCN(CC)CCOc1ccc(NC(=O)COc2ccc(-c3ccco3)cc2Cl)cc1Cl. The van der Waals surface area contributed by atoms with Gasteiger partial charge >= 0.3 is 0 Å². The first-order valence-electron chi connectivity index (χ1n) is 10.4. The Hall–Kier alpha value is -2.67. The van der Waals surface area contributed by atoms with Gasteiger partial charge in [-0.05, 0) is 61.6 Å². The van der Waals surface area contributed by atoms with E-state index in [9.17, 15) is 4.79 Å². The van der Waals surface area contributed by atoms with Crippen molar-refractivity contribution in [3.8, 4) is 22.8 Å². The maximum absolute atomic E-state index is 12.3. The standard InChI is InChI=1S/C24H26Cl2N2O4/c1-3-28(4-2)11-13-31-22-10-8-18(15-20(22)26)27-24(29)16-32-23-9-7-17(14-19(23)25)21-6-5-12-30-21/h5-10,12,14-15H,3-4,11,13,16H2,1-2H3,(H,27,29). The first-order chi connectivity index (χ1) is 15.5. The van der Waals surface area contributed by atoms with E-state index >= 15 is 0 Å². The zero-order valence-corrected chi connectivity index (χ0v) is 19.6. The van der Waals surface area contributed by atoms with Gasteiger partial charge in [0, 0.05) is 17.8 Å². The molecular formula is C24H26Cl2N2O4. The third-order valence-electron chi connectivity index (χ3n) is 4.87. The molecule has 0 radical (unpaired) electrons. The molecule has 0 aliphatic carbocycles. The molecule has 3 aromatic rings. The highest BCUT2D eigenvalue weighted by Crippen LogP contribution is 2.31. The lowest BCUT2D eigenvalue weighted by Crippen LogP contribution is -2.27. The summed E-state index contributed by atoms with van der Waals surface area (Å²) in [6, 6.07) is 14.0. The zero-order chi connectivity index (χ0) is 22.9. The predicted molar refractivity (Wildman–Crippen MR) is 128 cm³/mol. The van der Waals surface area contributed by atoms with Crippen LogP contribution in [0, 0.1) is 0 Å². The van der Waals surface area contributed by atoms with Crippen LogP contribution in [0.3, 0.4) is 0 Å². The molecule has 3 rings (SSSR count). The van der Waals surface area contributed by atoms with Crippen LogP contribution in [0.5, 0.6) is 11.5 Å². The van der Waals surface area contributed by atoms with Crippen molar-refractivity contribution < 1.29 is 18.7 Å². The van der Waals surface area contributed by atoms with Crippen LogP contribution in [0.15, 0.2) is 59.2 Å². The van der Waals surface area contributed by atoms with Crippen LogP contribution in [0.25, 0.3) is 11.3 Å². The molecule has 0 saturated heterocycles. The quantitative estimate of drug-likeness (QED) is 0.368. The average Bonchev–Trinajstić information content (AvgIpc) is 3.32. The second-order valence-electron chi connectivity index (χ2n) is 6.98. The van der Waals surface area contributed by atoms with Gasteiger partial charge in [0.25, 0.3) is 5.91 Å². The highest BCUT2D eigenvalue weighted by molar-refractivity contribution is 6.32. The summed E-state index contributed by atoms with van der Waals surface area (Å²) >= 11 is 12.6. The Kier molecular flexibility index (Phi) is 8.85. The van der Waals surface area contributed by atoms with Gasteiger partial charge in [-0.15, -0.1) is 0 Å². The first-order valence-corrected chi connectivity index (χ1v) is 11.2. The number of carbonyl (C=O) groups excluding carboxylic acids is 1. The molecule has 0 aliphatic rings. The number of amides is 1. The number of anilines is 1. The molecule has 0 aliphatic heterocycles. The zero-order valence-electron chi connectivity index (χ0n) is 18.1. The van der Waals surface area contributed by atoms with Gasteiger partial charge in [-0.3, -0.25) is 4.79 Å². The van der Waals surface area contributed by atoms with Crippen LogP contribution < -0.4 is 14.8 Å². The monoisotopic (exact) mass is 476 g/mol. The molecule has 0 unspecified atom stereocenters. The lowest BCUT2D eigenvalue weighted by atomic mass is 10.2. The summed E-state index contributed by atoms with van der Waals surface area (Å²) in [6.45, 7) is 7.34. The van der Waals surface area contributed by atoms with E-state index in [0.717, 1.165) is 25.2 Å². The number of nitrogens with zero attached hydrogens (tertiary/aromatic N) is 1. The number of nitrogens with one attached hydrogen (secondary N) is 1. The average molecular weight is 477 g/mol. The van der Waals surface area contributed by atoms with Crippen LogP contribution in [0.1, 0.15) is 13.8 Å². The Morgan fingerprint density at radius 1 is 1.00 bits per heavy atom. The van der Waals surface area contributed by atoms with E-state index in [-0.39, 0.29) is 12.5 Å². The van der Waals surface area contributed by atoms with Crippen LogP contribution in [0.2, 0.25) is 10.0 Å². The first kappa shape index (κ1) is 24.0. The summed E-state index contributed by atoms with van der Waals surface area (Å²) in [5, 5.41) is 3.58. The van der Waals surface area contributed by atoms with Crippen molar-refractivity contribution in [3.05, 3.63) is 64.8 Å². The van der Waals surface area contributed by atoms with Gasteiger partial charge in [0.2, 0.25) is 0 Å². The Bertz CT molecular complexity index is 1020. The van der Waals surface area contributed by atoms with Crippen LogP contribution >= 0.6 is 23.2 Å². The fourth-order valence-electron chi connectivity index (χ4n) is 3.07. The van der Waals surface area contributed by atoms with Crippen molar-refractivity contribution in [2.45, 2.75) is 13.8 Å². The molecule has 2 aromatic carbocycles. The minimum absolute atomic E-state index is 0.195. The number of carbonyl (C=O) groups is 1. The summed E-state index contributed by atoms with van der Waals surface area (Å²) in [6.07, 6.45) is 1.59. The summed E-state index contributed by atoms with van der Waals surface area (Å²) in [5.74, 6) is 1.36. The van der Waals surface area contributed by atoms with Gasteiger partial charge in [-0.1, -0.05) is 37.0 Å². The minimum Gasteiger partial charge on any atom is -0.491 e. The number of furan rings is 1. The normalized spacial score (nSPS) is 10.9. The molecule has 0 fully saturated rings. The summed E-state index contributed by atoms with van der Waals surface area (Å²) in [4.78, 5) is 14.5. The number of hydrogen-bond acceptors (Lipinski definition) is 5. The summed E-state index contributed by atoms with van der Waals surface area (Å²) < 4.78 is 16.7. The van der Waals surface area contributed by atoms with Crippen molar-refractivity contribution in [3.63, 3.8) is 0 Å². The topological polar surface area (TPSA) is 63.9 Å². The van der Waals surface area contributed by atoms with Gasteiger partial charge < -0.3 is 24.1 Å². The number of halogens is 2. The number of rotatable bonds is 11. The lowest BCUT2D eigenvalue weighted by molar-refractivity contribution is -0.118. The fraction of sp³-hybridized carbons (Fsp3) is 0.292. The largest absolute Gasteiger partial charge is 0.491 e. The predicted octanol–water partition coefficient (Wildman–Crippen LogP) is 5.99. The molecule has 1 amide bonds. The van der Waals surface area contributed by atoms with Gasteiger partial charge in [-0.2, -0.15) is 0 Å². The van der Waals surface area contributed by atoms with E-state index in [1.807, 2.05) is 12.1 Å². The Balaban J connectivity index is 1.50. The summed E-state index contributed by atoms with van der Waals surface area (Å²) in [5.41, 5.74) is 1.38. The molecule has 32 heavy (non-hydrogen) atoms. The number of likely N-dealkylation sites (N-methyl/N-ethyl adjacent to an activating group) is 1. The Morgan fingerprint density at radius 2 is 1.72 bits per heavy atom. The van der Waals surface area contributed by atoms with Crippen molar-refractivity contribution in [2.24, 2.45) is 0 Å². The Labute approximate surface area is 198 Å². The number of ether oxygens (including phenoxy) is 2. The molecule has 1 heterocycles. The molecule has 1 N–H and O–H groups in total. The number of hydrogen-bond donors (Lipinski definition) is 1. The van der Waals surface area contributed by atoms with Crippen LogP contribution in [0.4, 0.5) is 5.69 Å². The molecule has 8 heteroatoms. The van der Waals surface area contributed by atoms with Crippen LogP contribution in [-0.2, 0) is 4.79 Å². The Morgan fingerprint density at radius 3 is 2.38 bits per heavy atom. The molecule has 170 valence electrons. The third-order valence-corrected chi connectivity index (χ3v) is 5.46. The molecule has 0 bridgehead atoms.